The molecule has 1 unspecified atom stereocenters. The van der Waals surface area contributed by atoms with Crippen molar-refractivity contribution in [3.05, 3.63) is 24.5 Å². The lowest BCUT2D eigenvalue weighted by Gasteiger charge is -2.18. The molecule has 1 heterocycles. The minimum atomic E-state index is 0.433. The molecule has 22 heavy (non-hydrogen) atoms. The highest BCUT2D eigenvalue weighted by Gasteiger charge is 2.04. The van der Waals surface area contributed by atoms with Gasteiger partial charge in [0.05, 0.1) is 12.7 Å². The van der Waals surface area contributed by atoms with Gasteiger partial charge < -0.3 is 15.4 Å². The maximum Gasteiger partial charge on any atom is 0.191 e. The summed E-state index contributed by atoms with van der Waals surface area (Å²) in [6.45, 7) is 5.72. The molecule has 0 aliphatic rings. The average Bonchev–Trinajstić information content (AvgIpc) is 2.55. The summed E-state index contributed by atoms with van der Waals surface area (Å²) >= 11 is 0. The molecule has 0 radical (unpaired) electrons. The normalized spacial score (nSPS) is 12.8. The van der Waals surface area contributed by atoms with Crippen LogP contribution in [0.3, 0.4) is 0 Å². The molecule has 0 aliphatic heterocycles. The van der Waals surface area contributed by atoms with E-state index in [1.54, 1.807) is 19.4 Å². The molecular formula is C17H30N4O. The van der Waals surface area contributed by atoms with E-state index in [2.05, 4.69) is 34.5 Å². The van der Waals surface area contributed by atoms with Crippen LogP contribution in [0.4, 0.5) is 0 Å². The summed E-state index contributed by atoms with van der Waals surface area (Å²) in [6, 6.07) is 4.20. The van der Waals surface area contributed by atoms with Crippen LogP contribution in [0, 0.1) is 0 Å². The van der Waals surface area contributed by atoms with E-state index in [0.29, 0.717) is 19.2 Å². The van der Waals surface area contributed by atoms with Crippen molar-refractivity contribution in [1.82, 2.24) is 15.6 Å². The fraction of sp³-hybridized carbons (Fsp3) is 0.647. The number of nitrogens with one attached hydrogen (secondary N) is 2. The van der Waals surface area contributed by atoms with Crippen LogP contribution in [-0.2, 0) is 0 Å². The highest BCUT2D eigenvalue weighted by atomic mass is 16.5. The minimum absolute atomic E-state index is 0.433. The predicted octanol–water partition coefficient (Wildman–Crippen LogP) is 2.98. The molecule has 0 saturated carbocycles. The maximum absolute atomic E-state index is 5.59. The van der Waals surface area contributed by atoms with Gasteiger partial charge in [0.2, 0.25) is 0 Å². The van der Waals surface area contributed by atoms with E-state index >= 15 is 0 Å². The monoisotopic (exact) mass is 306 g/mol. The summed E-state index contributed by atoms with van der Waals surface area (Å²) in [5.41, 5.74) is 0. The molecule has 0 aliphatic carbocycles. The van der Waals surface area contributed by atoms with Gasteiger partial charge in [-0.3, -0.25) is 9.98 Å². The van der Waals surface area contributed by atoms with Crippen molar-refractivity contribution in [2.24, 2.45) is 4.99 Å². The van der Waals surface area contributed by atoms with Crippen LogP contribution in [-0.4, -0.2) is 37.2 Å². The highest BCUT2D eigenvalue weighted by Crippen LogP contribution is 2.06. The first-order valence-electron chi connectivity index (χ1n) is 8.26. The molecule has 1 rings (SSSR count). The Bertz CT molecular complexity index is 408. The lowest BCUT2D eigenvalue weighted by atomic mass is 10.1. The molecule has 0 fully saturated rings. The fourth-order valence-corrected chi connectivity index (χ4v) is 2.15. The van der Waals surface area contributed by atoms with E-state index in [-0.39, 0.29) is 0 Å². The number of ether oxygens (including phenoxy) is 1. The van der Waals surface area contributed by atoms with Crippen LogP contribution < -0.4 is 15.4 Å². The van der Waals surface area contributed by atoms with Gasteiger partial charge in [-0.15, -0.1) is 0 Å². The van der Waals surface area contributed by atoms with Crippen molar-refractivity contribution in [1.29, 1.82) is 0 Å². The second kappa shape index (κ2) is 11.8. The number of rotatable bonds is 10. The SMILES string of the molecule is CCCCCCC(C)NC(=NC)NCCOc1cccnc1. The number of hydrogen-bond donors (Lipinski definition) is 2. The van der Waals surface area contributed by atoms with Crippen molar-refractivity contribution in [3.63, 3.8) is 0 Å². The predicted molar refractivity (Wildman–Crippen MR) is 92.5 cm³/mol. The number of hydrogen-bond acceptors (Lipinski definition) is 3. The van der Waals surface area contributed by atoms with Crippen molar-refractivity contribution in [2.75, 3.05) is 20.2 Å². The van der Waals surface area contributed by atoms with Crippen LogP contribution in [0.1, 0.15) is 46.0 Å². The third-order valence-electron chi connectivity index (χ3n) is 3.40. The van der Waals surface area contributed by atoms with Gasteiger partial charge in [-0.05, 0) is 25.5 Å². The zero-order chi connectivity index (χ0) is 16.0. The molecule has 2 N–H and O–H groups in total. The van der Waals surface area contributed by atoms with E-state index < -0.39 is 0 Å². The Morgan fingerprint density at radius 2 is 2.23 bits per heavy atom. The Balaban J connectivity index is 2.14. The van der Waals surface area contributed by atoms with Crippen LogP contribution in [0.25, 0.3) is 0 Å². The van der Waals surface area contributed by atoms with Gasteiger partial charge in [0.25, 0.3) is 0 Å². The molecule has 0 saturated heterocycles. The summed E-state index contributed by atoms with van der Waals surface area (Å²) in [5, 5.41) is 6.68. The summed E-state index contributed by atoms with van der Waals surface area (Å²) in [5.74, 6) is 1.62. The molecular weight excluding hydrogens is 276 g/mol. The molecule has 1 atom stereocenters. The Labute approximate surface area is 134 Å². The highest BCUT2D eigenvalue weighted by molar-refractivity contribution is 5.79. The number of pyridine rings is 1. The van der Waals surface area contributed by atoms with Crippen LogP contribution >= 0.6 is 0 Å². The summed E-state index contributed by atoms with van der Waals surface area (Å²) in [6.07, 6.45) is 9.81. The van der Waals surface area contributed by atoms with Crippen molar-refractivity contribution in [3.8, 4) is 5.75 Å². The van der Waals surface area contributed by atoms with Gasteiger partial charge >= 0.3 is 0 Å². The Hall–Kier alpha value is -1.78. The zero-order valence-corrected chi connectivity index (χ0v) is 14.1. The van der Waals surface area contributed by atoms with Crippen LogP contribution in [0.5, 0.6) is 5.75 Å². The maximum atomic E-state index is 5.59. The average molecular weight is 306 g/mol. The topological polar surface area (TPSA) is 58.5 Å². The smallest absolute Gasteiger partial charge is 0.191 e. The first-order chi connectivity index (χ1) is 10.8. The summed E-state index contributed by atoms with van der Waals surface area (Å²) in [7, 11) is 1.79. The standard InChI is InChI=1S/C17H30N4O/c1-4-5-6-7-9-15(2)21-17(18-3)20-12-13-22-16-10-8-11-19-14-16/h8,10-11,14-15H,4-7,9,12-13H2,1-3H3,(H2,18,20,21). The van der Waals surface area contributed by atoms with Crippen molar-refractivity contribution in [2.45, 2.75) is 52.0 Å². The van der Waals surface area contributed by atoms with E-state index in [4.69, 9.17) is 4.74 Å². The van der Waals surface area contributed by atoms with Gasteiger partial charge in [0, 0.05) is 19.3 Å². The molecule has 1 aromatic heterocycles. The lowest BCUT2D eigenvalue weighted by molar-refractivity contribution is 0.320. The number of unbranched alkanes of at least 4 members (excludes halogenated alkanes) is 3. The number of aromatic nitrogens is 1. The summed E-state index contributed by atoms with van der Waals surface area (Å²) in [4.78, 5) is 8.26. The van der Waals surface area contributed by atoms with Crippen LogP contribution in [0.15, 0.2) is 29.5 Å². The first-order valence-corrected chi connectivity index (χ1v) is 8.26. The quantitative estimate of drug-likeness (QED) is 0.396. The largest absolute Gasteiger partial charge is 0.490 e. The van der Waals surface area contributed by atoms with E-state index in [0.717, 1.165) is 11.7 Å². The Morgan fingerprint density at radius 3 is 2.91 bits per heavy atom. The summed E-state index contributed by atoms with van der Waals surface area (Å²) < 4.78 is 5.59. The Morgan fingerprint density at radius 1 is 1.36 bits per heavy atom. The lowest BCUT2D eigenvalue weighted by Crippen LogP contribution is -2.43. The minimum Gasteiger partial charge on any atom is -0.490 e. The third-order valence-corrected chi connectivity index (χ3v) is 3.40. The van der Waals surface area contributed by atoms with Gasteiger partial charge in [0.1, 0.15) is 12.4 Å². The van der Waals surface area contributed by atoms with Crippen molar-refractivity contribution < 1.29 is 4.74 Å². The van der Waals surface area contributed by atoms with E-state index in [9.17, 15) is 0 Å². The molecule has 0 amide bonds. The van der Waals surface area contributed by atoms with Crippen molar-refractivity contribution >= 4 is 5.96 Å². The number of nitrogens with zero attached hydrogens (tertiary/aromatic N) is 2. The van der Waals surface area contributed by atoms with Gasteiger partial charge in [-0.2, -0.15) is 0 Å². The second-order valence-electron chi connectivity index (χ2n) is 5.43. The number of guanidine groups is 1. The molecule has 1 aromatic rings. The van der Waals surface area contributed by atoms with E-state index in [1.807, 2.05) is 12.1 Å². The molecule has 5 heteroatoms. The second-order valence-corrected chi connectivity index (χ2v) is 5.43. The fourth-order valence-electron chi connectivity index (χ4n) is 2.15. The number of aliphatic imine (C=N–C) groups is 1. The molecule has 0 bridgehead atoms. The van der Waals surface area contributed by atoms with Gasteiger partial charge in [-0.1, -0.05) is 32.6 Å². The molecule has 124 valence electrons. The van der Waals surface area contributed by atoms with Gasteiger partial charge in [-0.25, -0.2) is 0 Å². The van der Waals surface area contributed by atoms with E-state index in [1.165, 1.54) is 32.1 Å². The molecule has 0 aromatic carbocycles. The molecule has 5 nitrogen and oxygen atoms in total. The van der Waals surface area contributed by atoms with Crippen LogP contribution in [0.2, 0.25) is 0 Å². The molecule has 0 spiro atoms. The van der Waals surface area contributed by atoms with Gasteiger partial charge in [0.15, 0.2) is 5.96 Å². The first kappa shape index (κ1) is 18.3. The Kier molecular flexibility index (Phi) is 9.83. The third kappa shape index (κ3) is 8.49. The zero-order valence-electron chi connectivity index (χ0n) is 14.1.